The Morgan fingerprint density at radius 3 is 2.81 bits per heavy atom. The van der Waals surface area contributed by atoms with Crippen molar-refractivity contribution in [3.05, 3.63) is 51.2 Å². The van der Waals surface area contributed by atoms with Crippen molar-refractivity contribution in [3.63, 3.8) is 0 Å². The number of H-pyrrole nitrogens is 1. The molecule has 0 fully saturated rings. The molecule has 2 rings (SSSR count). The number of nitrogens with zero attached hydrogens (tertiary/aromatic N) is 1. The summed E-state index contributed by atoms with van der Waals surface area (Å²) in [5.74, 6) is -1.51. The number of aromatic nitrogens is 2. The van der Waals surface area contributed by atoms with Gasteiger partial charge in [-0.15, -0.1) is 0 Å². The Hall–Kier alpha value is -2.39. The molecule has 0 radical (unpaired) electrons. The van der Waals surface area contributed by atoms with Gasteiger partial charge in [-0.1, -0.05) is 23.4 Å². The minimum Gasteiger partial charge on any atom is -0.469 e. The fraction of sp³-hybridized carbons (Fsp3) is 0.250. The van der Waals surface area contributed by atoms with Gasteiger partial charge in [-0.25, -0.2) is 9.37 Å². The van der Waals surface area contributed by atoms with Gasteiger partial charge in [-0.3, -0.25) is 14.4 Å². The van der Waals surface area contributed by atoms with E-state index >= 15 is 0 Å². The quantitative estimate of drug-likeness (QED) is 0.439. The summed E-state index contributed by atoms with van der Waals surface area (Å²) in [6, 6.07) is 5.01. The summed E-state index contributed by atoms with van der Waals surface area (Å²) in [6.45, 7) is 1.61. The molecule has 2 N–H and O–H groups in total. The van der Waals surface area contributed by atoms with E-state index in [1.165, 1.54) is 25.3 Å². The van der Waals surface area contributed by atoms with Crippen LogP contribution in [0.5, 0.6) is 0 Å². The number of aromatic amines is 1. The van der Waals surface area contributed by atoms with Crippen molar-refractivity contribution in [1.82, 2.24) is 9.97 Å². The van der Waals surface area contributed by atoms with Crippen molar-refractivity contribution >= 4 is 40.9 Å². The second-order valence-corrected chi connectivity index (χ2v) is 6.91. The molecule has 0 aliphatic heterocycles. The van der Waals surface area contributed by atoms with Gasteiger partial charge in [-0.05, 0) is 25.1 Å². The highest BCUT2D eigenvalue weighted by molar-refractivity contribution is 8.00. The molecule has 1 heterocycles. The Bertz CT molecular complexity index is 890. The lowest BCUT2D eigenvalue weighted by molar-refractivity contribution is -0.139. The minimum atomic E-state index is -0.629. The number of nitrogens with one attached hydrogen (secondary N) is 2. The SMILES string of the molecule is COC(=O)Cc1cc(=O)[nH]c(S[C@@H](C)C(=O)Nc2ccc(F)c(Cl)c2)n1. The first-order valence-electron chi connectivity index (χ1n) is 7.38. The van der Waals surface area contributed by atoms with Crippen molar-refractivity contribution in [2.24, 2.45) is 0 Å². The molecule has 0 aliphatic rings. The maximum Gasteiger partial charge on any atom is 0.311 e. The van der Waals surface area contributed by atoms with Gasteiger partial charge in [0.05, 0.1) is 29.5 Å². The molecule has 0 bridgehead atoms. The highest BCUT2D eigenvalue weighted by Gasteiger charge is 2.17. The number of thioether (sulfide) groups is 1. The van der Waals surface area contributed by atoms with Crippen molar-refractivity contribution in [2.75, 3.05) is 12.4 Å². The van der Waals surface area contributed by atoms with E-state index in [1.807, 2.05) is 0 Å². The summed E-state index contributed by atoms with van der Waals surface area (Å²) in [7, 11) is 1.24. The zero-order valence-corrected chi connectivity index (χ0v) is 15.4. The van der Waals surface area contributed by atoms with Gasteiger partial charge in [0, 0.05) is 11.8 Å². The van der Waals surface area contributed by atoms with Gasteiger partial charge in [0.2, 0.25) is 5.91 Å². The predicted molar refractivity (Wildman–Crippen MR) is 95.9 cm³/mol. The molecule has 0 saturated heterocycles. The van der Waals surface area contributed by atoms with E-state index in [1.54, 1.807) is 6.92 Å². The maximum atomic E-state index is 13.2. The van der Waals surface area contributed by atoms with Crippen molar-refractivity contribution in [3.8, 4) is 0 Å². The van der Waals surface area contributed by atoms with Gasteiger partial charge >= 0.3 is 5.97 Å². The lowest BCUT2D eigenvalue weighted by Gasteiger charge is -2.12. The second-order valence-electron chi connectivity index (χ2n) is 5.17. The number of halogens is 2. The number of hydrogen-bond acceptors (Lipinski definition) is 6. The maximum absolute atomic E-state index is 13.2. The first kappa shape index (κ1) is 19.9. The smallest absolute Gasteiger partial charge is 0.311 e. The fourth-order valence-electron chi connectivity index (χ4n) is 1.89. The molecule has 1 atom stereocenters. The number of rotatable bonds is 6. The van der Waals surface area contributed by atoms with E-state index in [4.69, 9.17) is 11.6 Å². The van der Waals surface area contributed by atoms with Crippen LogP contribution in [0.15, 0.2) is 34.2 Å². The average molecular weight is 400 g/mol. The predicted octanol–water partition coefficient (Wildman–Crippen LogP) is 2.40. The summed E-state index contributed by atoms with van der Waals surface area (Å²) in [6.07, 6.45) is -0.150. The van der Waals surface area contributed by atoms with Gasteiger partial charge in [0.25, 0.3) is 5.56 Å². The minimum absolute atomic E-state index is 0.107. The van der Waals surface area contributed by atoms with Crippen LogP contribution in [0.25, 0.3) is 0 Å². The molecule has 2 aromatic rings. The monoisotopic (exact) mass is 399 g/mol. The van der Waals surface area contributed by atoms with E-state index in [-0.39, 0.29) is 22.3 Å². The highest BCUT2D eigenvalue weighted by Crippen LogP contribution is 2.22. The number of anilines is 1. The highest BCUT2D eigenvalue weighted by atomic mass is 35.5. The zero-order valence-electron chi connectivity index (χ0n) is 13.8. The Kier molecular flexibility index (Phi) is 6.76. The Morgan fingerprint density at radius 1 is 1.42 bits per heavy atom. The molecular weight excluding hydrogens is 385 g/mol. The van der Waals surface area contributed by atoms with E-state index in [9.17, 15) is 18.8 Å². The van der Waals surface area contributed by atoms with E-state index in [2.05, 4.69) is 20.0 Å². The molecule has 0 saturated carbocycles. The summed E-state index contributed by atoms with van der Waals surface area (Å²) in [5, 5.41) is 2.05. The fourth-order valence-corrected chi connectivity index (χ4v) is 2.90. The molecule has 1 aromatic carbocycles. The van der Waals surface area contributed by atoms with E-state index in [0.29, 0.717) is 5.69 Å². The van der Waals surface area contributed by atoms with Gasteiger partial charge in [0.15, 0.2) is 5.16 Å². The van der Waals surface area contributed by atoms with Crippen LogP contribution in [0.4, 0.5) is 10.1 Å². The summed E-state index contributed by atoms with van der Waals surface area (Å²) in [5.41, 5.74) is 0.134. The molecular formula is C16H15ClFN3O4S. The number of carbonyl (C=O) groups excluding carboxylic acids is 2. The lowest BCUT2D eigenvalue weighted by Crippen LogP contribution is -2.23. The second kappa shape index (κ2) is 8.81. The lowest BCUT2D eigenvalue weighted by atomic mass is 10.3. The first-order chi connectivity index (χ1) is 12.3. The molecule has 7 nitrogen and oxygen atoms in total. The van der Waals surface area contributed by atoms with Gasteiger partial charge in [0.1, 0.15) is 5.82 Å². The third-order valence-electron chi connectivity index (χ3n) is 3.17. The molecule has 138 valence electrons. The van der Waals surface area contributed by atoms with Crippen LogP contribution >= 0.6 is 23.4 Å². The number of methoxy groups -OCH3 is 1. The van der Waals surface area contributed by atoms with Crippen molar-refractivity contribution in [1.29, 1.82) is 0 Å². The summed E-state index contributed by atoms with van der Waals surface area (Å²) >= 11 is 6.68. The average Bonchev–Trinajstić information content (AvgIpc) is 2.57. The molecule has 0 unspecified atom stereocenters. The Balaban J connectivity index is 2.07. The molecule has 10 heteroatoms. The van der Waals surface area contributed by atoms with Crippen LogP contribution in [-0.2, 0) is 20.7 Å². The Morgan fingerprint density at radius 2 is 2.15 bits per heavy atom. The third kappa shape index (κ3) is 5.57. The number of hydrogen-bond donors (Lipinski definition) is 2. The normalized spacial score (nSPS) is 11.7. The summed E-state index contributed by atoms with van der Waals surface area (Å²) in [4.78, 5) is 41.9. The van der Waals surface area contributed by atoms with Gasteiger partial charge < -0.3 is 15.0 Å². The van der Waals surface area contributed by atoms with Crippen molar-refractivity contribution in [2.45, 2.75) is 23.8 Å². The summed E-state index contributed by atoms with van der Waals surface area (Å²) < 4.78 is 17.7. The van der Waals surface area contributed by atoms with Crippen LogP contribution in [-0.4, -0.2) is 34.2 Å². The van der Waals surface area contributed by atoms with Crippen LogP contribution < -0.4 is 10.9 Å². The van der Waals surface area contributed by atoms with Crippen molar-refractivity contribution < 1.29 is 18.7 Å². The molecule has 26 heavy (non-hydrogen) atoms. The largest absolute Gasteiger partial charge is 0.469 e. The number of benzene rings is 1. The topological polar surface area (TPSA) is 101 Å². The Labute approximate surface area is 157 Å². The zero-order chi connectivity index (χ0) is 19.3. The number of esters is 1. The number of ether oxygens (including phenoxy) is 1. The number of amides is 1. The molecule has 1 aromatic heterocycles. The number of carbonyl (C=O) groups is 2. The van der Waals surface area contributed by atoms with Crippen LogP contribution in [0.3, 0.4) is 0 Å². The van der Waals surface area contributed by atoms with Crippen LogP contribution in [0, 0.1) is 5.82 Å². The molecule has 0 aliphatic carbocycles. The standard InChI is InChI=1S/C16H15ClFN3O4S/c1-8(15(24)19-9-3-4-12(18)11(17)5-9)26-16-20-10(6-13(22)21-16)7-14(23)25-2/h3-6,8H,7H2,1-2H3,(H,19,24)(H,20,21,22)/t8-/m0/s1. The van der Waals surface area contributed by atoms with Gasteiger partial charge in [-0.2, -0.15) is 0 Å². The molecule has 1 amide bonds. The van der Waals surface area contributed by atoms with Crippen LogP contribution in [0.1, 0.15) is 12.6 Å². The van der Waals surface area contributed by atoms with E-state index in [0.717, 1.165) is 17.8 Å². The van der Waals surface area contributed by atoms with E-state index < -0.39 is 28.5 Å². The van der Waals surface area contributed by atoms with Crippen LogP contribution in [0.2, 0.25) is 5.02 Å². The third-order valence-corrected chi connectivity index (χ3v) is 4.44. The first-order valence-corrected chi connectivity index (χ1v) is 8.64. The molecule has 0 spiro atoms.